The van der Waals surface area contributed by atoms with E-state index in [-0.39, 0.29) is 19.7 Å². The first-order chi connectivity index (χ1) is 14.0. The zero-order valence-electron chi connectivity index (χ0n) is 16.2. The number of hydrogen-bond acceptors (Lipinski definition) is 6. The third-order valence-electron chi connectivity index (χ3n) is 4.36. The molecule has 1 amide bonds. The van der Waals surface area contributed by atoms with Crippen LogP contribution in [0.1, 0.15) is 21.7 Å². The fourth-order valence-electron chi connectivity index (χ4n) is 2.84. The van der Waals surface area contributed by atoms with Crippen molar-refractivity contribution in [1.82, 2.24) is 14.9 Å². The minimum Gasteiger partial charge on any atom is -0.465 e. The lowest BCUT2D eigenvalue weighted by molar-refractivity contribution is -0.149. The number of rotatable bonds is 7. The van der Waals surface area contributed by atoms with E-state index in [0.29, 0.717) is 11.4 Å². The van der Waals surface area contributed by atoms with Gasteiger partial charge >= 0.3 is 11.9 Å². The van der Waals surface area contributed by atoms with E-state index in [0.717, 1.165) is 16.6 Å². The number of nitrogens with zero attached hydrogens (tertiary/aromatic N) is 2. The van der Waals surface area contributed by atoms with E-state index in [1.54, 1.807) is 28.8 Å². The van der Waals surface area contributed by atoms with Crippen LogP contribution in [0.2, 0.25) is 0 Å². The van der Waals surface area contributed by atoms with Gasteiger partial charge in [0, 0.05) is 6.54 Å². The largest absolute Gasteiger partial charge is 0.465 e. The third kappa shape index (κ3) is 4.98. The number of benzene rings is 2. The van der Waals surface area contributed by atoms with Gasteiger partial charge < -0.3 is 19.4 Å². The van der Waals surface area contributed by atoms with E-state index in [9.17, 15) is 14.4 Å². The second kappa shape index (κ2) is 9.01. The summed E-state index contributed by atoms with van der Waals surface area (Å²) in [5.41, 5.74) is 2.87. The SMILES string of the molecule is COC(=O)c1ccc(CNC(=O)COC(=O)Cn2c(C)nc3ccccc32)cc1. The Bertz CT molecular complexity index is 1040. The lowest BCUT2D eigenvalue weighted by Crippen LogP contribution is -2.29. The molecule has 3 rings (SSSR count). The molecule has 0 bridgehead atoms. The number of methoxy groups -OCH3 is 1. The van der Waals surface area contributed by atoms with Crippen molar-refractivity contribution in [3.05, 3.63) is 65.5 Å². The Kier molecular flexibility index (Phi) is 6.23. The normalized spacial score (nSPS) is 10.6. The molecular weight excluding hydrogens is 374 g/mol. The van der Waals surface area contributed by atoms with Gasteiger partial charge in [0.1, 0.15) is 12.4 Å². The van der Waals surface area contributed by atoms with Crippen LogP contribution in [0.5, 0.6) is 0 Å². The van der Waals surface area contributed by atoms with Gasteiger partial charge in [0.25, 0.3) is 5.91 Å². The van der Waals surface area contributed by atoms with Crippen LogP contribution in [0.3, 0.4) is 0 Å². The molecule has 1 aromatic heterocycles. The zero-order valence-corrected chi connectivity index (χ0v) is 16.2. The molecule has 0 aliphatic heterocycles. The monoisotopic (exact) mass is 395 g/mol. The smallest absolute Gasteiger partial charge is 0.337 e. The van der Waals surface area contributed by atoms with Gasteiger partial charge in [-0.2, -0.15) is 0 Å². The van der Waals surface area contributed by atoms with Crippen molar-refractivity contribution in [2.24, 2.45) is 0 Å². The number of carbonyl (C=O) groups is 3. The van der Waals surface area contributed by atoms with Crippen molar-refractivity contribution >= 4 is 28.9 Å². The van der Waals surface area contributed by atoms with E-state index in [1.165, 1.54) is 7.11 Å². The van der Waals surface area contributed by atoms with Crippen LogP contribution in [0, 0.1) is 6.92 Å². The number of aryl methyl sites for hydroxylation is 1. The molecule has 0 spiro atoms. The maximum atomic E-state index is 12.1. The minimum absolute atomic E-state index is 0.0192. The quantitative estimate of drug-likeness (QED) is 0.614. The highest BCUT2D eigenvalue weighted by Crippen LogP contribution is 2.15. The average Bonchev–Trinajstić information content (AvgIpc) is 3.05. The van der Waals surface area contributed by atoms with E-state index in [2.05, 4.69) is 15.0 Å². The van der Waals surface area contributed by atoms with Crippen molar-refractivity contribution in [2.75, 3.05) is 13.7 Å². The highest BCUT2D eigenvalue weighted by molar-refractivity contribution is 5.89. The average molecular weight is 395 g/mol. The van der Waals surface area contributed by atoms with Crippen molar-refractivity contribution in [2.45, 2.75) is 20.0 Å². The summed E-state index contributed by atoms with van der Waals surface area (Å²) in [5.74, 6) is -0.659. The van der Waals surface area contributed by atoms with Crippen LogP contribution in [-0.4, -0.2) is 41.1 Å². The Morgan fingerprint density at radius 2 is 1.79 bits per heavy atom. The number of aromatic nitrogens is 2. The van der Waals surface area contributed by atoms with E-state index in [4.69, 9.17) is 4.74 Å². The molecule has 3 aromatic rings. The zero-order chi connectivity index (χ0) is 20.8. The number of fused-ring (bicyclic) bond motifs is 1. The van der Waals surface area contributed by atoms with Crippen LogP contribution in [0.15, 0.2) is 48.5 Å². The molecule has 150 valence electrons. The number of esters is 2. The molecule has 2 aromatic carbocycles. The van der Waals surface area contributed by atoms with Gasteiger partial charge in [-0.25, -0.2) is 9.78 Å². The number of para-hydroxylation sites is 2. The van der Waals surface area contributed by atoms with Gasteiger partial charge in [0.15, 0.2) is 6.61 Å². The van der Waals surface area contributed by atoms with Gasteiger partial charge in [-0.05, 0) is 36.8 Å². The van der Waals surface area contributed by atoms with Crippen LogP contribution < -0.4 is 5.32 Å². The number of imidazole rings is 1. The Morgan fingerprint density at radius 1 is 1.07 bits per heavy atom. The Labute approximate surface area is 167 Å². The molecule has 0 fully saturated rings. The molecule has 1 heterocycles. The Balaban J connectivity index is 1.47. The second-order valence-electron chi connectivity index (χ2n) is 6.36. The molecule has 0 unspecified atom stereocenters. The Morgan fingerprint density at radius 3 is 2.52 bits per heavy atom. The molecule has 29 heavy (non-hydrogen) atoms. The summed E-state index contributed by atoms with van der Waals surface area (Å²) in [7, 11) is 1.31. The fraction of sp³-hybridized carbons (Fsp3) is 0.238. The summed E-state index contributed by atoms with van der Waals surface area (Å²) in [6, 6.07) is 14.2. The number of carbonyl (C=O) groups excluding carboxylic acids is 3. The summed E-state index contributed by atoms with van der Waals surface area (Å²) in [6.07, 6.45) is 0. The molecular formula is C21H21N3O5. The van der Waals surface area contributed by atoms with E-state index < -0.39 is 17.8 Å². The summed E-state index contributed by atoms with van der Waals surface area (Å²) in [4.78, 5) is 39.9. The predicted molar refractivity (Wildman–Crippen MR) is 105 cm³/mol. The lowest BCUT2D eigenvalue weighted by Gasteiger charge is -2.09. The lowest BCUT2D eigenvalue weighted by atomic mass is 10.1. The van der Waals surface area contributed by atoms with E-state index >= 15 is 0 Å². The van der Waals surface area contributed by atoms with Crippen molar-refractivity contribution < 1.29 is 23.9 Å². The van der Waals surface area contributed by atoms with Gasteiger partial charge in [-0.15, -0.1) is 0 Å². The van der Waals surface area contributed by atoms with Gasteiger partial charge in [0.05, 0.1) is 23.7 Å². The van der Waals surface area contributed by atoms with Crippen molar-refractivity contribution in [1.29, 1.82) is 0 Å². The molecule has 0 aliphatic rings. The summed E-state index contributed by atoms with van der Waals surface area (Å²) in [6.45, 7) is 1.67. The topological polar surface area (TPSA) is 99.5 Å². The van der Waals surface area contributed by atoms with Gasteiger partial charge in [-0.1, -0.05) is 24.3 Å². The highest BCUT2D eigenvalue weighted by atomic mass is 16.5. The molecule has 0 radical (unpaired) electrons. The first-order valence-electron chi connectivity index (χ1n) is 8.99. The maximum absolute atomic E-state index is 12.1. The third-order valence-corrected chi connectivity index (χ3v) is 4.36. The van der Waals surface area contributed by atoms with Crippen LogP contribution in [-0.2, 0) is 32.2 Å². The molecule has 1 N–H and O–H groups in total. The molecule has 0 atom stereocenters. The van der Waals surface area contributed by atoms with E-state index in [1.807, 2.05) is 31.2 Å². The van der Waals surface area contributed by atoms with Crippen molar-refractivity contribution in [3.8, 4) is 0 Å². The predicted octanol–water partition coefficient (Wildman–Crippen LogP) is 1.99. The van der Waals surface area contributed by atoms with Crippen LogP contribution >= 0.6 is 0 Å². The highest BCUT2D eigenvalue weighted by Gasteiger charge is 2.13. The second-order valence-corrected chi connectivity index (χ2v) is 6.36. The molecule has 0 aliphatic carbocycles. The number of amides is 1. The van der Waals surface area contributed by atoms with Gasteiger partial charge in [-0.3, -0.25) is 9.59 Å². The van der Waals surface area contributed by atoms with Crippen LogP contribution in [0.25, 0.3) is 11.0 Å². The summed E-state index contributed by atoms with van der Waals surface area (Å²) < 4.78 is 11.5. The number of nitrogens with one attached hydrogen (secondary N) is 1. The maximum Gasteiger partial charge on any atom is 0.337 e. The van der Waals surface area contributed by atoms with Crippen molar-refractivity contribution in [3.63, 3.8) is 0 Å². The molecule has 8 heteroatoms. The van der Waals surface area contributed by atoms with Crippen LogP contribution in [0.4, 0.5) is 0 Å². The first kappa shape index (κ1) is 20.1. The molecule has 8 nitrogen and oxygen atoms in total. The Hall–Kier alpha value is -3.68. The standard InChI is InChI=1S/C21H21N3O5/c1-14-23-17-5-3-4-6-18(17)24(14)12-20(26)29-13-19(25)22-11-15-7-9-16(10-8-15)21(27)28-2/h3-10H,11-13H2,1-2H3,(H,22,25). The molecule has 0 saturated heterocycles. The molecule has 0 saturated carbocycles. The fourth-order valence-corrected chi connectivity index (χ4v) is 2.84. The summed E-state index contributed by atoms with van der Waals surface area (Å²) >= 11 is 0. The minimum atomic E-state index is -0.520. The van der Waals surface area contributed by atoms with Gasteiger partial charge in [0.2, 0.25) is 0 Å². The number of hydrogen-bond donors (Lipinski definition) is 1. The first-order valence-corrected chi connectivity index (χ1v) is 8.99. The summed E-state index contributed by atoms with van der Waals surface area (Å²) in [5, 5.41) is 2.67. The number of ether oxygens (including phenoxy) is 2.